The molecule has 2 aliphatic rings. The quantitative estimate of drug-likeness (QED) is 0.854. The van der Waals surface area contributed by atoms with Gasteiger partial charge in [0.2, 0.25) is 5.91 Å². The fourth-order valence-electron chi connectivity index (χ4n) is 3.65. The van der Waals surface area contributed by atoms with E-state index in [-0.39, 0.29) is 5.91 Å². The van der Waals surface area contributed by atoms with Crippen molar-refractivity contribution in [3.05, 3.63) is 29.8 Å². The summed E-state index contributed by atoms with van der Waals surface area (Å²) in [5.74, 6) is 0.636. The molecule has 1 fully saturated rings. The molecule has 2 N–H and O–H groups in total. The van der Waals surface area contributed by atoms with E-state index in [0.29, 0.717) is 5.92 Å². The van der Waals surface area contributed by atoms with Crippen LogP contribution in [-0.2, 0) is 11.2 Å². The molecule has 3 heteroatoms. The molecule has 1 aliphatic heterocycles. The summed E-state index contributed by atoms with van der Waals surface area (Å²) in [5.41, 5.74) is 8.16. The highest BCUT2D eigenvalue weighted by Gasteiger charge is 2.40. The van der Waals surface area contributed by atoms with E-state index >= 15 is 0 Å². The van der Waals surface area contributed by atoms with Crippen LogP contribution in [0.4, 0.5) is 5.69 Å². The second-order valence-corrected chi connectivity index (χ2v) is 6.57. The monoisotopic (exact) mass is 272 g/mol. The number of amides is 1. The predicted octanol–water partition coefficient (Wildman–Crippen LogP) is 2.87. The Morgan fingerprint density at radius 1 is 1.25 bits per heavy atom. The van der Waals surface area contributed by atoms with Crippen LogP contribution in [0.5, 0.6) is 0 Å². The fraction of sp³-hybridized carbons (Fsp3) is 0.588. The first-order valence-electron chi connectivity index (χ1n) is 7.79. The molecule has 1 aromatic rings. The molecule has 3 nitrogen and oxygen atoms in total. The molecule has 1 unspecified atom stereocenters. The number of hydrogen-bond acceptors (Lipinski definition) is 2. The Labute approximate surface area is 121 Å². The highest BCUT2D eigenvalue weighted by Crippen LogP contribution is 2.34. The van der Waals surface area contributed by atoms with E-state index in [9.17, 15) is 4.79 Å². The second kappa shape index (κ2) is 5.21. The van der Waals surface area contributed by atoms with Crippen molar-refractivity contribution in [3.63, 3.8) is 0 Å². The van der Waals surface area contributed by atoms with Crippen LogP contribution >= 0.6 is 0 Å². The summed E-state index contributed by atoms with van der Waals surface area (Å²) < 4.78 is 0. The van der Waals surface area contributed by atoms with Gasteiger partial charge in [0.25, 0.3) is 0 Å². The minimum atomic E-state index is -0.636. The van der Waals surface area contributed by atoms with Crippen LogP contribution in [0.25, 0.3) is 0 Å². The molecule has 0 bridgehead atoms. The average molecular weight is 272 g/mol. The molecular weight excluding hydrogens is 248 g/mol. The van der Waals surface area contributed by atoms with Crippen molar-refractivity contribution in [2.45, 2.75) is 51.0 Å². The van der Waals surface area contributed by atoms with Gasteiger partial charge in [0.05, 0.1) is 5.54 Å². The first kappa shape index (κ1) is 13.6. The number of carbonyl (C=O) groups is 1. The lowest BCUT2D eigenvalue weighted by molar-refractivity contribution is -0.125. The summed E-state index contributed by atoms with van der Waals surface area (Å²) in [5, 5.41) is 0. The number of fused-ring (bicyclic) bond motifs is 1. The minimum Gasteiger partial charge on any atom is -0.317 e. The summed E-state index contributed by atoms with van der Waals surface area (Å²) >= 11 is 0. The average Bonchev–Trinajstić information content (AvgIpc) is 2.46. The summed E-state index contributed by atoms with van der Waals surface area (Å²) in [6.45, 7) is 3.01. The van der Waals surface area contributed by atoms with Gasteiger partial charge in [-0.2, -0.15) is 0 Å². The molecule has 1 amide bonds. The van der Waals surface area contributed by atoms with Crippen molar-refractivity contribution >= 4 is 11.6 Å². The third-order valence-electron chi connectivity index (χ3n) is 4.76. The Balaban J connectivity index is 1.91. The number of anilines is 1. The number of rotatable bonds is 1. The van der Waals surface area contributed by atoms with Crippen LogP contribution in [0.15, 0.2) is 24.3 Å². The molecule has 0 spiro atoms. The van der Waals surface area contributed by atoms with Gasteiger partial charge >= 0.3 is 0 Å². The van der Waals surface area contributed by atoms with E-state index in [1.54, 1.807) is 0 Å². The lowest BCUT2D eigenvalue weighted by atomic mass is 9.80. The van der Waals surface area contributed by atoms with Gasteiger partial charge in [0.1, 0.15) is 0 Å². The molecule has 0 radical (unpaired) electrons. The van der Waals surface area contributed by atoms with Crippen molar-refractivity contribution in [1.82, 2.24) is 0 Å². The molecule has 0 aromatic heterocycles. The highest BCUT2D eigenvalue weighted by molar-refractivity contribution is 6.01. The number of para-hydroxylation sites is 1. The Hall–Kier alpha value is -1.35. The fourth-order valence-corrected chi connectivity index (χ4v) is 3.65. The van der Waals surface area contributed by atoms with Gasteiger partial charge in [-0.25, -0.2) is 0 Å². The van der Waals surface area contributed by atoms with Crippen LogP contribution in [0, 0.1) is 5.92 Å². The molecule has 0 saturated heterocycles. The Morgan fingerprint density at radius 3 is 2.70 bits per heavy atom. The number of carbonyl (C=O) groups excluding carboxylic acids is 1. The SMILES string of the molecule is CC1Cc2ccccc2N(C(=O)C2(N)CCCCC2)C1. The van der Waals surface area contributed by atoms with Gasteiger partial charge in [-0.3, -0.25) is 4.79 Å². The normalized spacial score (nSPS) is 25.1. The number of nitrogens with two attached hydrogens (primary N) is 1. The third-order valence-corrected chi connectivity index (χ3v) is 4.76. The van der Waals surface area contributed by atoms with E-state index in [2.05, 4.69) is 25.1 Å². The smallest absolute Gasteiger partial charge is 0.247 e. The topological polar surface area (TPSA) is 46.3 Å². The van der Waals surface area contributed by atoms with Crippen molar-refractivity contribution in [2.24, 2.45) is 11.7 Å². The molecule has 1 saturated carbocycles. The van der Waals surface area contributed by atoms with Crippen LogP contribution in [0.3, 0.4) is 0 Å². The van der Waals surface area contributed by atoms with Crippen molar-refractivity contribution in [1.29, 1.82) is 0 Å². The third kappa shape index (κ3) is 2.35. The Bertz CT molecular complexity index is 505. The lowest BCUT2D eigenvalue weighted by Crippen LogP contribution is -2.58. The molecule has 1 atom stereocenters. The van der Waals surface area contributed by atoms with E-state index in [4.69, 9.17) is 5.73 Å². The summed E-state index contributed by atoms with van der Waals surface area (Å²) in [4.78, 5) is 14.9. The van der Waals surface area contributed by atoms with Gasteiger partial charge in [0.15, 0.2) is 0 Å². The second-order valence-electron chi connectivity index (χ2n) is 6.57. The van der Waals surface area contributed by atoms with Gasteiger partial charge < -0.3 is 10.6 Å². The number of hydrogen-bond donors (Lipinski definition) is 1. The largest absolute Gasteiger partial charge is 0.317 e. The van der Waals surface area contributed by atoms with Gasteiger partial charge in [-0.1, -0.05) is 44.4 Å². The highest BCUT2D eigenvalue weighted by atomic mass is 16.2. The van der Waals surface area contributed by atoms with Gasteiger partial charge in [-0.05, 0) is 36.8 Å². The number of nitrogens with zero attached hydrogens (tertiary/aromatic N) is 1. The Morgan fingerprint density at radius 2 is 1.95 bits per heavy atom. The zero-order valence-electron chi connectivity index (χ0n) is 12.3. The van der Waals surface area contributed by atoms with Crippen molar-refractivity contribution in [3.8, 4) is 0 Å². The molecule has 20 heavy (non-hydrogen) atoms. The van der Waals surface area contributed by atoms with Crippen molar-refractivity contribution in [2.75, 3.05) is 11.4 Å². The summed E-state index contributed by atoms with van der Waals surface area (Å²) in [6, 6.07) is 8.26. The van der Waals surface area contributed by atoms with E-state index < -0.39 is 5.54 Å². The Kier molecular flexibility index (Phi) is 3.55. The molecule has 108 valence electrons. The number of benzene rings is 1. The lowest BCUT2D eigenvalue weighted by Gasteiger charge is -2.40. The molecular formula is C17H24N2O. The predicted molar refractivity (Wildman–Crippen MR) is 81.7 cm³/mol. The van der Waals surface area contributed by atoms with Gasteiger partial charge in [-0.15, -0.1) is 0 Å². The molecule has 1 aromatic carbocycles. The van der Waals surface area contributed by atoms with Crippen molar-refractivity contribution < 1.29 is 4.79 Å². The summed E-state index contributed by atoms with van der Waals surface area (Å²) in [6.07, 6.45) is 6.08. The maximum atomic E-state index is 13.0. The zero-order chi connectivity index (χ0) is 14.2. The maximum Gasteiger partial charge on any atom is 0.247 e. The van der Waals surface area contributed by atoms with Crippen LogP contribution in [0.1, 0.15) is 44.6 Å². The maximum absolute atomic E-state index is 13.0. The van der Waals surface area contributed by atoms with E-state index in [1.807, 2.05) is 11.0 Å². The van der Waals surface area contributed by atoms with E-state index in [0.717, 1.165) is 44.3 Å². The minimum absolute atomic E-state index is 0.135. The first-order valence-corrected chi connectivity index (χ1v) is 7.79. The zero-order valence-corrected chi connectivity index (χ0v) is 12.3. The molecule has 3 rings (SSSR count). The van der Waals surface area contributed by atoms with Crippen LogP contribution < -0.4 is 10.6 Å². The van der Waals surface area contributed by atoms with Gasteiger partial charge in [0, 0.05) is 12.2 Å². The van der Waals surface area contributed by atoms with Crippen LogP contribution in [0.2, 0.25) is 0 Å². The standard InChI is InChI=1S/C17H24N2O/c1-13-11-14-7-3-4-8-15(14)19(12-13)16(20)17(18)9-5-2-6-10-17/h3-4,7-8,13H,2,5-6,9-12,18H2,1H3. The van der Waals surface area contributed by atoms with E-state index in [1.165, 1.54) is 12.0 Å². The molecule has 1 aliphatic carbocycles. The van der Waals surface area contributed by atoms with Crippen LogP contribution in [-0.4, -0.2) is 18.0 Å². The summed E-state index contributed by atoms with van der Waals surface area (Å²) in [7, 11) is 0. The molecule has 1 heterocycles. The first-order chi connectivity index (χ1) is 9.60.